The smallest absolute Gasteiger partial charge is 0.250 e. The van der Waals surface area contributed by atoms with Gasteiger partial charge in [0.2, 0.25) is 11.8 Å². The molecule has 1 atom stereocenters. The second-order valence-electron chi connectivity index (χ2n) is 8.54. The summed E-state index contributed by atoms with van der Waals surface area (Å²) in [6, 6.07) is 12.5. The Morgan fingerprint density at radius 1 is 1.08 bits per heavy atom. The largest absolute Gasteiger partial charge is 0.383 e. The van der Waals surface area contributed by atoms with Crippen molar-refractivity contribution in [3.05, 3.63) is 82.0 Å². The van der Waals surface area contributed by atoms with E-state index in [1.807, 2.05) is 0 Å². The van der Waals surface area contributed by atoms with E-state index in [4.69, 9.17) is 4.74 Å². The van der Waals surface area contributed by atoms with E-state index < -0.39 is 39.3 Å². The monoisotopic (exact) mass is 572 g/mol. The van der Waals surface area contributed by atoms with Gasteiger partial charge >= 0.3 is 0 Å². The highest BCUT2D eigenvalue weighted by Crippen LogP contribution is 2.36. The molecule has 0 aliphatic heterocycles. The van der Waals surface area contributed by atoms with E-state index in [2.05, 4.69) is 15.6 Å². The quantitative estimate of drug-likeness (QED) is 0.220. The summed E-state index contributed by atoms with van der Waals surface area (Å²) in [4.78, 5) is 41.6. The number of carbonyl (C=O) groups excluding carboxylic acids is 2. The number of hydrogen-bond donors (Lipinski definition) is 2. The second-order valence-corrected chi connectivity index (χ2v) is 11.6. The molecule has 204 valence electrons. The molecule has 4 rings (SSSR count). The van der Waals surface area contributed by atoms with Gasteiger partial charge < -0.3 is 19.9 Å². The number of benzene rings is 2. The van der Waals surface area contributed by atoms with Gasteiger partial charge in [0, 0.05) is 33.0 Å². The zero-order chi connectivity index (χ0) is 28.2. The minimum absolute atomic E-state index is 0.0206. The molecule has 0 radical (unpaired) electrons. The molecule has 0 aliphatic carbocycles. The van der Waals surface area contributed by atoms with Crippen LogP contribution in [0.5, 0.6) is 0 Å². The van der Waals surface area contributed by atoms with Crippen LogP contribution in [0, 0.1) is 5.82 Å². The summed E-state index contributed by atoms with van der Waals surface area (Å²) in [5, 5.41) is 3.10. The number of carbonyl (C=O) groups is 2. The van der Waals surface area contributed by atoms with Crippen molar-refractivity contribution < 1.29 is 27.1 Å². The third kappa shape index (κ3) is 6.38. The fraction of sp³-hybridized carbons (Fsp3) is 0.231. The van der Waals surface area contributed by atoms with Crippen LogP contribution in [0.3, 0.4) is 0 Å². The highest BCUT2D eigenvalue weighted by molar-refractivity contribution is 7.92. The van der Waals surface area contributed by atoms with Gasteiger partial charge in [0.05, 0.1) is 28.3 Å². The number of thiazole rings is 1. The van der Waals surface area contributed by atoms with E-state index in [0.29, 0.717) is 21.3 Å². The summed E-state index contributed by atoms with van der Waals surface area (Å²) in [7, 11) is -1.27. The number of aryl methyl sites for hydroxylation is 1. The molecule has 10 nitrogen and oxygen atoms in total. The first-order valence-corrected chi connectivity index (χ1v) is 14.1. The Morgan fingerprint density at radius 3 is 2.49 bits per heavy atom. The number of methoxy groups -OCH3 is 1. The van der Waals surface area contributed by atoms with E-state index in [9.17, 15) is 27.2 Å². The average Bonchev–Trinajstić information content (AvgIpc) is 3.32. The molecule has 0 saturated heterocycles. The Bertz CT molecular complexity index is 1680. The van der Waals surface area contributed by atoms with Crippen LogP contribution in [-0.2, 0) is 31.2 Å². The van der Waals surface area contributed by atoms with Gasteiger partial charge in [-0.05, 0) is 53.6 Å². The molecule has 0 bridgehead atoms. The van der Waals surface area contributed by atoms with Crippen molar-refractivity contribution in [2.24, 2.45) is 7.05 Å². The molecular weight excluding hydrogens is 547 g/mol. The van der Waals surface area contributed by atoms with Gasteiger partial charge in [-0.1, -0.05) is 6.07 Å². The summed E-state index contributed by atoms with van der Waals surface area (Å²) < 4.78 is 47.6. The molecule has 2 aromatic heterocycles. The van der Waals surface area contributed by atoms with Crippen molar-refractivity contribution in [2.75, 3.05) is 26.8 Å². The van der Waals surface area contributed by atoms with Crippen molar-refractivity contribution in [3.63, 3.8) is 0 Å². The lowest BCUT2D eigenvalue weighted by molar-refractivity contribution is -0.126. The summed E-state index contributed by atoms with van der Waals surface area (Å²) in [5.41, 5.74) is 1.64. The van der Waals surface area contributed by atoms with Crippen molar-refractivity contribution in [2.45, 2.75) is 10.1 Å². The molecule has 2 amide bonds. The number of rotatable bonds is 10. The van der Waals surface area contributed by atoms with Crippen LogP contribution in [0.15, 0.2) is 70.5 Å². The minimum atomic E-state index is -4.39. The Kier molecular flexibility index (Phi) is 8.53. The lowest BCUT2D eigenvalue weighted by Crippen LogP contribution is -2.41. The van der Waals surface area contributed by atoms with Crippen LogP contribution < -0.4 is 16.2 Å². The molecule has 2 aromatic carbocycles. The summed E-state index contributed by atoms with van der Waals surface area (Å²) in [6.07, 6.45) is 1.64. The molecule has 0 fully saturated rings. The molecule has 13 heteroatoms. The average molecular weight is 573 g/mol. The predicted octanol–water partition coefficient (Wildman–Crippen LogP) is 2.19. The maximum atomic E-state index is 13.6. The van der Waals surface area contributed by atoms with Crippen LogP contribution >= 0.6 is 11.3 Å². The van der Waals surface area contributed by atoms with Gasteiger partial charge in [0.1, 0.15) is 10.8 Å². The Labute approximate surface area is 227 Å². The Balaban J connectivity index is 1.70. The van der Waals surface area contributed by atoms with Crippen molar-refractivity contribution in [1.29, 1.82) is 0 Å². The topological polar surface area (TPSA) is 136 Å². The summed E-state index contributed by atoms with van der Waals surface area (Å²) in [6.45, 7) is 0.0265. The van der Waals surface area contributed by atoms with Crippen LogP contribution in [0.4, 0.5) is 4.39 Å². The van der Waals surface area contributed by atoms with Crippen LogP contribution in [0.1, 0.15) is 10.3 Å². The van der Waals surface area contributed by atoms with E-state index in [-0.39, 0.29) is 28.6 Å². The SMILES string of the molecule is COCCNC(=O)CNC(=O)C(c1nc2ccc(-c3ccn(C)c(=O)c3)cc2s1)S(=O)(=O)c1ccc(F)cc1. The zero-order valence-corrected chi connectivity index (χ0v) is 22.6. The first-order chi connectivity index (χ1) is 18.6. The Morgan fingerprint density at radius 2 is 1.79 bits per heavy atom. The van der Waals surface area contributed by atoms with Gasteiger partial charge in [0.25, 0.3) is 5.56 Å². The number of amides is 2. The van der Waals surface area contributed by atoms with E-state index in [0.717, 1.165) is 35.6 Å². The molecular formula is C26H25FN4O6S2. The third-order valence-corrected chi connectivity index (χ3v) is 9.03. The number of nitrogens with one attached hydrogen (secondary N) is 2. The van der Waals surface area contributed by atoms with Crippen LogP contribution in [0.2, 0.25) is 0 Å². The van der Waals surface area contributed by atoms with Gasteiger partial charge in [-0.25, -0.2) is 17.8 Å². The number of halogens is 1. The summed E-state index contributed by atoms with van der Waals surface area (Å²) >= 11 is 1.00. The fourth-order valence-corrected chi connectivity index (χ4v) is 6.71. The summed E-state index contributed by atoms with van der Waals surface area (Å²) in [5.74, 6) is -2.11. The highest BCUT2D eigenvalue weighted by atomic mass is 32.2. The second kappa shape index (κ2) is 11.8. The maximum absolute atomic E-state index is 13.6. The van der Waals surface area contributed by atoms with Crippen molar-refractivity contribution in [1.82, 2.24) is 20.2 Å². The molecule has 39 heavy (non-hydrogen) atoms. The number of sulfone groups is 1. The highest BCUT2D eigenvalue weighted by Gasteiger charge is 2.38. The zero-order valence-electron chi connectivity index (χ0n) is 21.0. The molecule has 2 N–H and O–H groups in total. The Hall–Kier alpha value is -3.94. The molecule has 2 heterocycles. The first-order valence-electron chi connectivity index (χ1n) is 11.7. The van der Waals surface area contributed by atoms with Crippen molar-refractivity contribution in [3.8, 4) is 11.1 Å². The lowest BCUT2D eigenvalue weighted by atomic mass is 10.1. The predicted molar refractivity (Wildman–Crippen MR) is 145 cm³/mol. The van der Waals surface area contributed by atoms with Gasteiger partial charge in [-0.3, -0.25) is 14.4 Å². The number of aromatic nitrogens is 2. The number of ether oxygens (including phenoxy) is 1. The minimum Gasteiger partial charge on any atom is -0.383 e. The van der Waals surface area contributed by atoms with E-state index in [1.54, 1.807) is 37.5 Å². The first kappa shape index (κ1) is 28.1. The number of pyridine rings is 1. The molecule has 0 spiro atoms. The number of fused-ring (bicyclic) bond motifs is 1. The fourth-order valence-electron chi connectivity index (χ4n) is 3.72. The molecule has 0 aliphatic rings. The number of nitrogens with zero attached hydrogens (tertiary/aromatic N) is 2. The molecule has 4 aromatic rings. The maximum Gasteiger partial charge on any atom is 0.250 e. The third-order valence-electron chi connectivity index (χ3n) is 5.81. The van der Waals surface area contributed by atoms with Crippen molar-refractivity contribution >= 4 is 43.2 Å². The standard InChI is InChI=1S/C26H25FN4O6S2/c1-31-11-9-17(14-23(31)33)16-3-8-20-21(13-16)38-26(30-20)24(25(34)29-15-22(32)28-10-12-37-2)39(35,36)19-6-4-18(27)5-7-19/h3-9,11,13-14,24H,10,12,15H2,1-2H3,(H,28,32)(H,29,34). The van der Waals surface area contributed by atoms with E-state index >= 15 is 0 Å². The normalized spacial score (nSPS) is 12.3. The lowest BCUT2D eigenvalue weighted by Gasteiger charge is -2.16. The molecule has 0 saturated carbocycles. The van der Waals surface area contributed by atoms with Gasteiger partial charge in [0.15, 0.2) is 15.1 Å². The van der Waals surface area contributed by atoms with Gasteiger partial charge in [-0.2, -0.15) is 0 Å². The van der Waals surface area contributed by atoms with Gasteiger partial charge in [-0.15, -0.1) is 11.3 Å². The number of hydrogen-bond acceptors (Lipinski definition) is 8. The van der Waals surface area contributed by atoms with Crippen LogP contribution in [0.25, 0.3) is 21.3 Å². The molecule has 1 unspecified atom stereocenters. The van der Waals surface area contributed by atoms with E-state index in [1.165, 1.54) is 17.7 Å². The van der Waals surface area contributed by atoms with Crippen LogP contribution in [-0.4, -0.2) is 56.6 Å².